The summed E-state index contributed by atoms with van der Waals surface area (Å²) in [6.07, 6.45) is 0.340. The molecule has 2 rings (SSSR count). The minimum Gasteiger partial charge on any atom is -0.347 e. The predicted molar refractivity (Wildman–Crippen MR) is 57.2 cm³/mol. The van der Waals surface area contributed by atoms with Crippen LogP contribution in [0.1, 0.15) is 40.0 Å². The molecule has 0 aromatic rings. The lowest BCUT2D eigenvalue weighted by molar-refractivity contribution is -0.134. The van der Waals surface area contributed by atoms with Gasteiger partial charge in [0.15, 0.2) is 0 Å². The van der Waals surface area contributed by atoms with Crippen LogP contribution in [0.4, 0.5) is 8.78 Å². The average Bonchev–Trinajstić information content (AvgIpc) is 2.63. The first-order valence-corrected chi connectivity index (χ1v) is 5.86. The molecule has 0 aromatic carbocycles. The van der Waals surface area contributed by atoms with Crippen LogP contribution in [0.3, 0.4) is 0 Å². The van der Waals surface area contributed by atoms with Crippen LogP contribution in [0.15, 0.2) is 0 Å². The van der Waals surface area contributed by atoms with Gasteiger partial charge >= 0.3 is 6.43 Å². The largest absolute Gasteiger partial charge is 0.347 e. The Labute approximate surface area is 94.8 Å². The molecule has 1 amide bonds. The van der Waals surface area contributed by atoms with Gasteiger partial charge in [0.05, 0.1) is 0 Å². The molecule has 0 aromatic heterocycles. The summed E-state index contributed by atoms with van der Waals surface area (Å²) in [6, 6.07) is -0.111. The van der Waals surface area contributed by atoms with Gasteiger partial charge in [0.1, 0.15) is 0 Å². The monoisotopic (exact) mass is 231 g/mol. The van der Waals surface area contributed by atoms with Gasteiger partial charge in [-0.1, -0.05) is 20.8 Å². The molecule has 4 heteroatoms. The first-order valence-electron chi connectivity index (χ1n) is 5.86. The fourth-order valence-corrected chi connectivity index (χ4v) is 3.87. The van der Waals surface area contributed by atoms with Gasteiger partial charge in [0.2, 0.25) is 0 Å². The second-order valence-electron chi connectivity index (χ2n) is 6.16. The maximum Gasteiger partial charge on any atom is 0.315 e. The summed E-state index contributed by atoms with van der Waals surface area (Å²) in [5.74, 6) is -0.563. The molecule has 2 fully saturated rings. The molecule has 0 heterocycles. The van der Waals surface area contributed by atoms with Gasteiger partial charge in [-0.3, -0.25) is 4.79 Å². The molecular weight excluding hydrogens is 212 g/mol. The van der Waals surface area contributed by atoms with E-state index in [1.54, 1.807) is 0 Å². The van der Waals surface area contributed by atoms with Crippen molar-refractivity contribution in [3.8, 4) is 0 Å². The van der Waals surface area contributed by atoms with Crippen molar-refractivity contribution in [2.24, 2.45) is 16.7 Å². The average molecular weight is 231 g/mol. The number of carbonyl (C=O) groups is 1. The van der Waals surface area contributed by atoms with Crippen molar-refractivity contribution < 1.29 is 13.6 Å². The summed E-state index contributed by atoms with van der Waals surface area (Å²) in [6.45, 7) is 6.27. The van der Waals surface area contributed by atoms with E-state index in [0.29, 0.717) is 5.92 Å². The molecule has 0 radical (unpaired) electrons. The molecule has 3 atom stereocenters. The van der Waals surface area contributed by atoms with E-state index in [1.165, 1.54) is 0 Å². The molecule has 16 heavy (non-hydrogen) atoms. The number of halogens is 2. The summed E-state index contributed by atoms with van der Waals surface area (Å²) in [4.78, 5) is 11.1. The topological polar surface area (TPSA) is 29.1 Å². The van der Waals surface area contributed by atoms with Crippen molar-refractivity contribution in [2.45, 2.75) is 52.5 Å². The summed E-state index contributed by atoms with van der Waals surface area (Å²) in [7, 11) is 0. The van der Waals surface area contributed by atoms with E-state index in [1.807, 2.05) is 0 Å². The van der Waals surface area contributed by atoms with Gasteiger partial charge in [-0.05, 0) is 36.0 Å². The lowest BCUT2D eigenvalue weighted by Crippen LogP contribution is -2.53. The maximum atomic E-state index is 12.3. The molecule has 2 aliphatic rings. The molecule has 2 aliphatic carbocycles. The van der Waals surface area contributed by atoms with E-state index in [9.17, 15) is 13.6 Å². The first kappa shape index (κ1) is 11.8. The molecule has 3 unspecified atom stereocenters. The smallest absolute Gasteiger partial charge is 0.315 e. The van der Waals surface area contributed by atoms with E-state index in [0.717, 1.165) is 19.3 Å². The number of amides is 1. The summed E-state index contributed by atoms with van der Waals surface area (Å²) >= 11 is 0. The predicted octanol–water partition coefficient (Wildman–Crippen LogP) is 2.58. The Bertz CT molecular complexity index is 311. The Kier molecular flexibility index (Phi) is 2.52. The third-order valence-corrected chi connectivity index (χ3v) is 4.75. The van der Waals surface area contributed by atoms with Gasteiger partial charge in [-0.2, -0.15) is 8.78 Å². The quantitative estimate of drug-likeness (QED) is 0.777. The lowest BCUT2D eigenvalue weighted by atomic mass is 9.68. The summed E-state index contributed by atoms with van der Waals surface area (Å²) in [5.41, 5.74) is -0.0454. The number of carbonyl (C=O) groups excluding carboxylic acids is 1. The van der Waals surface area contributed by atoms with Crippen molar-refractivity contribution in [1.82, 2.24) is 5.32 Å². The van der Waals surface area contributed by atoms with Crippen LogP contribution in [0.25, 0.3) is 0 Å². The van der Waals surface area contributed by atoms with Crippen LogP contribution < -0.4 is 5.32 Å². The van der Waals surface area contributed by atoms with E-state index in [-0.39, 0.29) is 16.9 Å². The molecule has 2 bridgehead atoms. The van der Waals surface area contributed by atoms with Crippen LogP contribution in [0, 0.1) is 16.7 Å². The molecule has 0 spiro atoms. The molecule has 2 saturated carbocycles. The van der Waals surface area contributed by atoms with E-state index < -0.39 is 12.3 Å². The van der Waals surface area contributed by atoms with Gasteiger partial charge in [0.25, 0.3) is 5.91 Å². The second kappa shape index (κ2) is 3.41. The standard InChI is InChI=1S/C12H19F2NO/c1-11(2)7-4-5-12(3,6-7)10(11)15-9(16)8(13)14/h7-8,10H,4-6H2,1-3H3,(H,15,16). The van der Waals surface area contributed by atoms with E-state index in [2.05, 4.69) is 26.1 Å². The number of rotatable bonds is 2. The first-order chi connectivity index (χ1) is 7.27. The van der Waals surface area contributed by atoms with Crippen LogP contribution in [-0.2, 0) is 4.79 Å². The molecule has 2 nitrogen and oxygen atoms in total. The normalized spacial score (nSPS) is 40.4. The molecular formula is C12H19F2NO. The number of hydrogen-bond acceptors (Lipinski definition) is 1. The van der Waals surface area contributed by atoms with E-state index in [4.69, 9.17) is 0 Å². The third-order valence-electron chi connectivity index (χ3n) is 4.75. The third kappa shape index (κ3) is 1.54. The highest BCUT2D eigenvalue weighted by Crippen LogP contribution is 2.62. The highest BCUT2D eigenvalue weighted by Gasteiger charge is 2.59. The Balaban J connectivity index is 2.17. The second-order valence-corrected chi connectivity index (χ2v) is 6.16. The fraction of sp³-hybridized carbons (Fsp3) is 0.917. The van der Waals surface area contributed by atoms with Crippen LogP contribution >= 0.6 is 0 Å². The van der Waals surface area contributed by atoms with Crippen LogP contribution in [-0.4, -0.2) is 18.4 Å². The number of nitrogens with one attached hydrogen (secondary N) is 1. The minimum atomic E-state index is -2.90. The Hall–Kier alpha value is -0.670. The Morgan fingerprint density at radius 3 is 2.44 bits per heavy atom. The van der Waals surface area contributed by atoms with Crippen LogP contribution in [0.5, 0.6) is 0 Å². The number of alkyl halides is 2. The zero-order chi connectivity index (χ0) is 12.1. The summed E-state index contributed by atoms with van der Waals surface area (Å²) < 4.78 is 24.6. The number of hydrogen-bond donors (Lipinski definition) is 1. The minimum absolute atomic E-state index is 0.0126. The highest BCUT2D eigenvalue weighted by molar-refractivity contribution is 5.79. The lowest BCUT2D eigenvalue weighted by Gasteiger charge is -2.43. The summed E-state index contributed by atoms with van der Waals surface area (Å²) in [5, 5.41) is 2.55. The molecule has 0 saturated heterocycles. The van der Waals surface area contributed by atoms with Gasteiger partial charge in [0, 0.05) is 6.04 Å². The SMILES string of the molecule is CC12CCC(C1)C(C)(C)C2NC(=O)C(F)F. The van der Waals surface area contributed by atoms with Crippen molar-refractivity contribution in [2.75, 3.05) is 0 Å². The molecule has 0 aliphatic heterocycles. The van der Waals surface area contributed by atoms with Crippen molar-refractivity contribution in [1.29, 1.82) is 0 Å². The van der Waals surface area contributed by atoms with Crippen LogP contribution in [0.2, 0.25) is 0 Å². The van der Waals surface area contributed by atoms with Crippen molar-refractivity contribution in [3.63, 3.8) is 0 Å². The zero-order valence-corrected chi connectivity index (χ0v) is 10.0. The van der Waals surface area contributed by atoms with E-state index >= 15 is 0 Å². The van der Waals surface area contributed by atoms with Gasteiger partial charge < -0.3 is 5.32 Å². The maximum absolute atomic E-state index is 12.3. The van der Waals surface area contributed by atoms with Gasteiger partial charge in [-0.25, -0.2) is 0 Å². The number of fused-ring (bicyclic) bond motifs is 2. The zero-order valence-electron chi connectivity index (χ0n) is 10.0. The Morgan fingerprint density at radius 2 is 2.00 bits per heavy atom. The molecule has 92 valence electrons. The highest BCUT2D eigenvalue weighted by atomic mass is 19.3. The fourth-order valence-electron chi connectivity index (χ4n) is 3.87. The van der Waals surface area contributed by atoms with Crippen molar-refractivity contribution >= 4 is 5.91 Å². The van der Waals surface area contributed by atoms with Gasteiger partial charge in [-0.15, -0.1) is 0 Å². The van der Waals surface area contributed by atoms with Crippen molar-refractivity contribution in [3.05, 3.63) is 0 Å². The Morgan fingerprint density at radius 1 is 1.38 bits per heavy atom. The molecule has 1 N–H and O–H groups in total.